The molecule has 2 aliphatic heterocycles. The maximum absolute atomic E-state index is 15.6. The van der Waals surface area contributed by atoms with Crippen LogP contribution in [0.4, 0.5) is 0 Å². The monoisotopic (exact) mass is 903 g/mol. The lowest BCUT2D eigenvalue weighted by atomic mass is 9.40. The molecule has 10 nitrogen and oxygen atoms in total. The first-order valence-electron chi connectivity index (χ1n) is 23.1. The third-order valence-corrected chi connectivity index (χ3v) is 28.5. The summed E-state index contributed by atoms with van der Waals surface area (Å²) in [6.07, 6.45) is 9.02. The lowest BCUT2D eigenvalue weighted by Gasteiger charge is -2.73. The highest BCUT2D eigenvalue weighted by Gasteiger charge is 2.77. The Morgan fingerprint density at radius 3 is 2.00 bits per heavy atom. The SMILES string of the molecule is Cc1ccc(S(=O)(=O)OC[C@@H](C)[C@H]2CC[C@@H]3[C@]2(C)CC[C@H]2[C@]34C=C[C@]3(C[C@@H](O[Si](C)(C)C(C)(C)C)C[C@H](O[Si](C)(C)C(C)(C)C)[C@]23C)n2c(=O)n(-c3ccccc3)c(=O)n24)cc1. The molecular formula is C49H73N3O7SSi2. The van der Waals surface area contributed by atoms with Gasteiger partial charge in [-0.1, -0.05) is 110 Å². The third kappa shape index (κ3) is 6.46. The molecule has 9 rings (SSSR count). The molecule has 0 amide bonds. The highest BCUT2D eigenvalue weighted by molar-refractivity contribution is 7.86. The summed E-state index contributed by atoms with van der Waals surface area (Å²) in [7, 11) is -8.65. The van der Waals surface area contributed by atoms with Crippen LogP contribution in [0.3, 0.4) is 0 Å². The molecule has 4 aliphatic carbocycles. The van der Waals surface area contributed by atoms with Gasteiger partial charge in [0.2, 0.25) is 0 Å². The zero-order chi connectivity index (χ0) is 45.4. The number of fused-ring (bicyclic) bond motifs is 1. The van der Waals surface area contributed by atoms with Crippen LogP contribution in [0.2, 0.25) is 36.3 Å². The van der Waals surface area contributed by atoms with E-state index in [-0.39, 0.29) is 74.3 Å². The Labute approximate surface area is 372 Å². The summed E-state index contributed by atoms with van der Waals surface area (Å²) in [5.41, 5.74) is -1.66. The fraction of sp³-hybridized carbons (Fsp3) is 0.673. The molecule has 13 heteroatoms. The Bertz CT molecular complexity index is 2480. The molecule has 2 spiro atoms. The molecule has 10 atom stereocenters. The van der Waals surface area contributed by atoms with Crippen molar-refractivity contribution >= 4 is 26.8 Å². The smallest absolute Gasteiger partial charge is 0.352 e. The second kappa shape index (κ2) is 14.6. The van der Waals surface area contributed by atoms with E-state index in [9.17, 15) is 8.42 Å². The minimum Gasteiger partial charge on any atom is -0.414 e. The lowest BCUT2D eigenvalue weighted by Crippen LogP contribution is -2.80. The largest absolute Gasteiger partial charge is 0.414 e. The fourth-order valence-corrected chi connectivity index (χ4v) is 16.6. The van der Waals surface area contributed by atoms with Gasteiger partial charge in [0.1, 0.15) is 0 Å². The van der Waals surface area contributed by atoms with E-state index in [1.165, 1.54) is 4.57 Å². The van der Waals surface area contributed by atoms with Crippen molar-refractivity contribution in [2.24, 2.45) is 34.5 Å². The molecule has 0 radical (unpaired) electrons. The Kier molecular flexibility index (Phi) is 10.8. The van der Waals surface area contributed by atoms with Crippen molar-refractivity contribution in [3.63, 3.8) is 0 Å². The second-order valence-electron chi connectivity index (χ2n) is 23.5. The van der Waals surface area contributed by atoms with Crippen LogP contribution in [0, 0.1) is 41.4 Å². The van der Waals surface area contributed by atoms with Gasteiger partial charge in [-0.3, -0.25) is 4.18 Å². The average molecular weight is 904 g/mol. The van der Waals surface area contributed by atoms with Crippen LogP contribution in [0.15, 0.2) is 81.2 Å². The van der Waals surface area contributed by atoms with E-state index < -0.39 is 43.2 Å². The molecule has 2 bridgehead atoms. The number of aromatic nitrogens is 3. The van der Waals surface area contributed by atoms with E-state index in [0.717, 1.165) is 37.7 Å². The Balaban J connectivity index is 1.30. The van der Waals surface area contributed by atoms with Gasteiger partial charge in [0.25, 0.3) is 10.1 Å². The predicted molar refractivity (Wildman–Crippen MR) is 251 cm³/mol. The van der Waals surface area contributed by atoms with Crippen LogP contribution in [-0.2, 0) is 34.2 Å². The molecular weight excluding hydrogens is 831 g/mol. The first kappa shape index (κ1) is 45.7. The molecule has 0 saturated heterocycles. The van der Waals surface area contributed by atoms with Crippen LogP contribution in [-0.4, -0.2) is 57.8 Å². The standard InChI is InChI=1S/C49H73N3O7SSi2/c1-33-20-22-37(23-21-33)60(55,56)57-32-34(2)38-24-25-39-46(38,9)27-26-40-47(10)41(59-62(13,14)45(6,7)8)30-36(58-61(11,12)44(3,4)5)31-48(47)28-29-49(39,40)52-43(54)50(42(53)51(48)52)35-18-16-15-17-19-35/h15-23,28-29,34,36,38-41H,24-27,30-32H2,1-14H3/t34-,36+,38-,39-,40-,41+,46-,47+,48-,49+/m1/s1. The van der Waals surface area contributed by atoms with Gasteiger partial charge < -0.3 is 8.85 Å². The molecule has 62 heavy (non-hydrogen) atoms. The maximum atomic E-state index is 15.6. The third-order valence-electron chi connectivity index (χ3n) is 18.2. The van der Waals surface area contributed by atoms with Crippen LogP contribution in [0.5, 0.6) is 0 Å². The van der Waals surface area contributed by atoms with Gasteiger partial charge in [-0.2, -0.15) is 8.42 Å². The van der Waals surface area contributed by atoms with Gasteiger partial charge in [0.05, 0.1) is 40.5 Å². The summed E-state index contributed by atoms with van der Waals surface area (Å²) in [6, 6.07) is 16.2. The van der Waals surface area contributed by atoms with Gasteiger partial charge in [-0.15, -0.1) is 0 Å². The van der Waals surface area contributed by atoms with E-state index in [0.29, 0.717) is 12.1 Å². The second-order valence-corrected chi connectivity index (χ2v) is 34.6. The summed E-state index contributed by atoms with van der Waals surface area (Å²) in [5, 5.41) is -0.0870. The van der Waals surface area contributed by atoms with E-state index in [1.54, 1.807) is 24.3 Å². The van der Waals surface area contributed by atoms with Gasteiger partial charge in [0, 0.05) is 11.8 Å². The van der Waals surface area contributed by atoms with Crippen molar-refractivity contribution in [3.8, 4) is 5.69 Å². The van der Waals surface area contributed by atoms with Crippen LogP contribution in [0.1, 0.15) is 106 Å². The minimum absolute atomic E-state index is 0.00835. The van der Waals surface area contributed by atoms with E-state index in [4.69, 9.17) is 13.0 Å². The van der Waals surface area contributed by atoms with Gasteiger partial charge in [-0.05, 0) is 129 Å². The molecule has 0 N–H and O–H groups in total. The molecule has 340 valence electrons. The molecule has 3 fully saturated rings. The number of aryl methyl sites for hydroxylation is 1. The summed E-state index contributed by atoms with van der Waals surface area (Å²) in [4.78, 5) is 31.3. The van der Waals surface area contributed by atoms with Crippen LogP contribution < -0.4 is 11.4 Å². The zero-order valence-corrected chi connectivity index (χ0v) is 42.7. The maximum Gasteiger partial charge on any atom is 0.352 e. The van der Waals surface area contributed by atoms with Crippen molar-refractivity contribution in [2.75, 3.05) is 6.61 Å². The highest BCUT2D eigenvalue weighted by atomic mass is 32.2. The normalized spacial score (nSPS) is 33.7. The molecule has 3 saturated carbocycles. The molecule has 6 aliphatic rings. The van der Waals surface area contributed by atoms with Crippen molar-refractivity contribution in [1.82, 2.24) is 13.9 Å². The number of hydrogen-bond donors (Lipinski definition) is 0. The van der Waals surface area contributed by atoms with Crippen molar-refractivity contribution in [3.05, 3.63) is 93.3 Å². The Hall–Kier alpha value is -2.82. The van der Waals surface area contributed by atoms with Crippen molar-refractivity contribution < 1.29 is 21.5 Å². The number of benzene rings is 2. The number of rotatable bonds is 10. The van der Waals surface area contributed by atoms with Crippen LogP contribution >= 0.6 is 0 Å². The minimum atomic E-state index is -3.95. The number of hydrogen-bond acceptors (Lipinski definition) is 7. The molecule has 2 aromatic carbocycles. The lowest BCUT2D eigenvalue weighted by molar-refractivity contribution is -0.234. The van der Waals surface area contributed by atoms with Gasteiger partial charge in [-0.25, -0.2) is 23.5 Å². The molecule has 0 unspecified atom stereocenters. The summed E-state index contributed by atoms with van der Waals surface area (Å²) < 4.78 is 53.1. The summed E-state index contributed by atoms with van der Waals surface area (Å²) in [5.74, 6) is 0.0315. The van der Waals surface area contributed by atoms with E-state index in [1.807, 2.05) is 46.6 Å². The Morgan fingerprint density at radius 1 is 0.790 bits per heavy atom. The number of allylic oxidation sites excluding steroid dienone is 2. The first-order chi connectivity index (χ1) is 28.6. The molecule has 1 aromatic heterocycles. The first-order valence-corrected chi connectivity index (χ1v) is 30.4. The predicted octanol–water partition coefficient (Wildman–Crippen LogP) is 10.1. The summed E-state index contributed by atoms with van der Waals surface area (Å²) >= 11 is 0. The van der Waals surface area contributed by atoms with Gasteiger partial charge >= 0.3 is 11.4 Å². The Morgan fingerprint density at radius 2 is 1.39 bits per heavy atom. The van der Waals surface area contributed by atoms with E-state index in [2.05, 4.69) is 101 Å². The average Bonchev–Trinajstić information content (AvgIpc) is 3.68. The van der Waals surface area contributed by atoms with Crippen molar-refractivity contribution in [2.45, 2.75) is 172 Å². The topological polar surface area (TPSA) is 111 Å². The quantitative estimate of drug-likeness (QED) is 0.113. The molecule has 3 aromatic rings. The zero-order valence-electron chi connectivity index (χ0n) is 39.9. The van der Waals surface area contributed by atoms with Crippen molar-refractivity contribution in [1.29, 1.82) is 0 Å². The van der Waals surface area contributed by atoms with E-state index >= 15 is 9.59 Å². The fourth-order valence-electron chi connectivity index (χ4n) is 12.9. The number of nitrogens with zero attached hydrogens (tertiary/aromatic N) is 3. The summed E-state index contributed by atoms with van der Waals surface area (Å²) in [6.45, 7) is 31.9. The van der Waals surface area contributed by atoms with Gasteiger partial charge in [0.15, 0.2) is 16.6 Å². The van der Waals surface area contributed by atoms with Crippen LogP contribution in [0.25, 0.3) is 5.69 Å². The number of para-hydroxylation sites is 1. The highest BCUT2D eigenvalue weighted by Crippen LogP contribution is 2.74. The molecule has 3 heterocycles.